The van der Waals surface area contributed by atoms with Gasteiger partial charge in [-0.25, -0.2) is 13.1 Å². The Bertz CT molecular complexity index is 748. The highest BCUT2D eigenvalue weighted by molar-refractivity contribution is 7.89. The predicted octanol–water partition coefficient (Wildman–Crippen LogP) is 2.40. The highest BCUT2D eigenvalue weighted by Crippen LogP contribution is 2.30. The van der Waals surface area contributed by atoms with Crippen molar-refractivity contribution in [2.75, 3.05) is 19.8 Å². The largest absolute Gasteiger partial charge is 0.490 e. The third-order valence-electron chi connectivity index (χ3n) is 3.22. The van der Waals surface area contributed by atoms with Gasteiger partial charge in [0.05, 0.1) is 18.1 Å². The van der Waals surface area contributed by atoms with Crippen molar-refractivity contribution in [2.24, 2.45) is 0 Å². The molecule has 1 aromatic carbocycles. The van der Waals surface area contributed by atoms with Crippen molar-refractivity contribution in [2.45, 2.75) is 25.2 Å². The Morgan fingerprint density at radius 3 is 2.46 bits per heavy atom. The number of nitrogens with zero attached hydrogens (tertiary/aromatic N) is 1. The predicted molar refractivity (Wildman–Crippen MR) is 91.9 cm³/mol. The molecular weight excluding hydrogens is 328 g/mol. The number of benzene rings is 1. The normalized spacial score (nSPS) is 11.2. The summed E-state index contributed by atoms with van der Waals surface area (Å²) in [5.41, 5.74) is 0.835. The fourth-order valence-corrected chi connectivity index (χ4v) is 3.19. The van der Waals surface area contributed by atoms with Crippen LogP contribution >= 0.6 is 0 Å². The van der Waals surface area contributed by atoms with E-state index in [1.54, 1.807) is 12.3 Å². The Morgan fingerprint density at radius 1 is 1.04 bits per heavy atom. The van der Waals surface area contributed by atoms with Gasteiger partial charge in [0.15, 0.2) is 11.5 Å². The van der Waals surface area contributed by atoms with Gasteiger partial charge < -0.3 is 9.47 Å². The lowest BCUT2D eigenvalue weighted by atomic mass is 10.3. The van der Waals surface area contributed by atoms with Crippen molar-refractivity contribution >= 4 is 10.0 Å². The van der Waals surface area contributed by atoms with Gasteiger partial charge in [0.2, 0.25) is 10.0 Å². The number of aromatic nitrogens is 1. The molecule has 0 aliphatic carbocycles. The molecule has 24 heavy (non-hydrogen) atoms. The maximum Gasteiger partial charge on any atom is 0.240 e. The molecule has 0 amide bonds. The molecule has 7 heteroatoms. The molecule has 2 rings (SSSR count). The molecule has 0 atom stereocenters. The van der Waals surface area contributed by atoms with Crippen LogP contribution in [-0.4, -0.2) is 33.2 Å². The van der Waals surface area contributed by atoms with Gasteiger partial charge in [-0.1, -0.05) is 6.07 Å². The first-order valence-electron chi connectivity index (χ1n) is 7.86. The van der Waals surface area contributed by atoms with Crippen LogP contribution in [0.25, 0.3) is 0 Å². The van der Waals surface area contributed by atoms with Crippen LogP contribution in [0.15, 0.2) is 47.5 Å². The summed E-state index contributed by atoms with van der Waals surface area (Å²) < 4.78 is 38.3. The van der Waals surface area contributed by atoms with Gasteiger partial charge >= 0.3 is 0 Å². The summed E-state index contributed by atoms with van der Waals surface area (Å²) in [5, 5.41) is 0. The van der Waals surface area contributed by atoms with Crippen LogP contribution in [-0.2, 0) is 16.4 Å². The van der Waals surface area contributed by atoms with Crippen LogP contribution in [0.1, 0.15) is 19.5 Å². The quantitative estimate of drug-likeness (QED) is 0.751. The maximum absolute atomic E-state index is 12.4. The third-order valence-corrected chi connectivity index (χ3v) is 4.68. The molecule has 0 aliphatic rings. The molecule has 130 valence electrons. The van der Waals surface area contributed by atoms with E-state index in [2.05, 4.69) is 9.71 Å². The zero-order chi connectivity index (χ0) is 17.4. The summed E-state index contributed by atoms with van der Waals surface area (Å²) in [6.07, 6.45) is 2.21. The van der Waals surface area contributed by atoms with E-state index < -0.39 is 10.0 Å². The van der Waals surface area contributed by atoms with Crippen molar-refractivity contribution in [3.05, 3.63) is 48.3 Å². The van der Waals surface area contributed by atoms with E-state index in [-0.39, 0.29) is 11.4 Å². The van der Waals surface area contributed by atoms with E-state index in [1.165, 1.54) is 12.1 Å². The first-order chi connectivity index (χ1) is 11.6. The number of hydrogen-bond donors (Lipinski definition) is 1. The molecule has 0 saturated heterocycles. The number of rotatable bonds is 9. The molecule has 0 aliphatic heterocycles. The van der Waals surface area contributed by atoms with Gasteiger partial charge in [0, 0.05) is 30.9 Å². The summed E-state index contributed by atoms with van der Waals surface area (Å²) in [4.78, 5) is 4.32. The first-order valence-corrected chi connectivity index (χ1v) is 9.34. The summed E-state index contributed by atoms with van der Waals surface area (Å²) in [6, 6.07) is 10.2. The highest BCUT2D eigenvalue weighted by atomic mass is 32.2. The SMILES string of the molecule is CCOc1ccc(S(=O)(=O)NCCc2ccccn2)cc1OCC. The van der Waals surface area contributed by atoms with Gasteiger partial charge in [-0.05, 0) is 38.1 Å². The lowest BCUT2D eigenvalue weighted by Gasteiger charge is -2.13. The van der Waals surface area contributed by atoms with Crippen molar-refractivity contribution in [3.63, 3.8) is 0 Å². The lowest BCUT2D eigenvalue weighted by molar-refractivity contribution is 0.287. The van der Waals surface area contributed by atoms with E-state index in [0.717, 1.165) is 5.69 Å². The Morgan fingerprint density at radius 2 is 1.79 bits per heavy atom. The van der Waals surface area contributed by atoms with Crippen LogP contribution in [0.5, 0.6) is 11.5 Å². The molecule has 0 bridgehead atoms. The molecular formula is C17H22N2O4S. The van der Waals surface area contributed by atoms with Crippen molar-refractivity contribution < 1.29 is 17.9 Å². The molecule has 6 nitrogen and oxygen atoms in total. The monoisotopic (exact) mass is 350 g/mol. The van der Waals surface area contributed by atoms with E-state index in [4.69, 9.17) is 9.47 Å². The minimum absolute atomic E-state index is 0.149. The molecule has 0 fully saturated rings. The molecule has 0 spiro atoms. The molecule has 1 heterocycles. The average Bonchev–Trinajstić information content (AvgIpc) is 2.57. The summed E-state index contributed by atoms with van der Waals surface area (Å²) in [5.74, 6) is 0.957. The Balaban J connectivity index is 2.09. The van der Waals surface area contributed by atoms with Crippen molar-refractivity contribution in [1.29, 1.82) is 0 Å². The summed E-state index contributed by atoms with van der Waals surface area (Å²) in [7, 11) is -3.62. The lowest BCUT2D eigenvalue weighted by Crippen LogP contribution is -2.26. The second-order valence-electron chi connectivity index (χ2n) is 4.94. The summed E-state index contributed by atoms with van der Waals surface area (Å²) >= 11 is 0. The van der Waals surface area contributed by atoms with E-state index >= 15 is 0 Å². The van der Waals surface area contributed by atoms with Gasteiger partial charge in [-0.2, -0.15) is 0 Å². The van der Waals surface area contributed by atoms with Crippen LogP contribution in [0.3, 0.4) is 0 Å². The minimum Gasteiger partial charge on any atom is -0.490 e. The Kier molecular flexibility index (Phi) is 6.57. The van der Waals surface area contributed by atoms with Crippen LogP contribution < -0.4 is 14.2 Å². The number of sulfonamides is 1. The fraction of sp³-hybridized carbons (Fsp3) is 0.353. The second-order valence-corrected chi connectivity index (χ2v) is 6.71. The smallest absolute Gasteiger partial charge is 0.240 e. The number of pyridine rings is 1. The topological polar surface area (TPSA) is 77.5 Å². The van der Waals surface area contributed by atoms with Crippen LogP contribution in [0.4, 0.5) is 0 Å². The molecule has 0 unspecified atom stereocenters. The van der Waals surface area contributed by atoms with Gasteiger partial charge in [-0.15, -0.1) is 0 Å². The average molecular weight is 350 g/mol. The van der Waals surface area contributed by atoms with Gasteiger partial charge in [0.1, 0.15) is 0 Å². The van der Waals surface area contributed by atoms with Gasteiger partial charge in [-0.3, -0.25) is 4.98 Å². The molecule has 0 radical (unpaired) electrons. The third kappa shape index (κ3) is 4.94. The fourth-order valence-electron chi connectivity index (χ4n) is 2.14. The van der Waals surface area contributed by atoms with E-state index in [1.807, 2.05) is 32.0 Å². The number of nitrogens with one attached hydrogen (secondary N) is 1. The molecule has 0 saturated carbocycles. The van der Waals surface area contributed by atoms with E-state index in [9.17, 15) is 8.42 Å². The van der Waals surface area contributed by atoms with Crippen molar-refractivity contribution in [1.82, 2.24) is 9.71 Å². The van der Waals surface area contributed by atoms with Gasteiger partial charge in [0.25, 0.3) is 0 Å². The minimum atomic E-state index is -3.62. The maximum atomic E-state index is 12.4. The molecule has 1 aromatic heterocycles. The first kappa shape index (κ1) is 18.2. The van der Waals surface area contributed by atoms with Crippen LogP contribution in [0, 0.1) is 0 Å². The van der Waals surface area contributed by atoms with E-state index in [0.29, 0.717) is 31.1 Å². The number of hydrogen-bond acceptors (Lipinski definition) is 5. The Labute approximate surface area is 142 Å². The number of ether oxygens (including phenoxy) is 2. The Hall–Kier alpha value is -2.12. The highest BCUT2D eigenvalue weighted by Gasteiger charge is 2.17. The zero-order valence-electron chi connectivity index (χ0n) is 13.9. The molecule has 2 aromatic rings. The van der Waals surface area contributed by atoms with Crippen molar-refractivity contribution in [3.8, 4) is 11.5 Å². The second kappa shape index (κ2) is 8.65. The zero-order valence-corrected chi connectivity index (χ0v) is 14.7. The standard InChI is InChI=1S/C17H22N2O4S/c1-3-22-16-9-8-15(13-17(16)23-4-2)24(20,21)19-12-10-14-7-5-6-11-18-14/h5-9,11,13,19H,3-4,10,12H2,1-2H3. The van der Waals surface area contributed by atoms with Crippen LogP contribution in [0.2, 0.25) is 0 Å². The molecule has 1 N–H and O–H groups in total. The summed E-state index contributed by atoms with van der Waals surface area (Å²) in [6.45, 7) is 4.88.